The van der Waals surface area contributed by atoms with Gasteiger partial charge < -0.3 is 10.1 Å². The van der Waals surface area contributed by atoms with Gasteiger partial charge in [-0.1, -0.05) is 60.7 Å². The molecule has 0 aliphatic carbocycles. The molecule has 1 amide bonds. The summed E-state index contributed by atoms with van der Waals surface area (Å²) >= 11 is 0. The highest BCUT2D eigenvalue weighted by Crippen LogP contribution is 2.39. The third-order valence-corrected chi connectivity index (χ3v) is 5.21. The maximum atomic E-state index is 12.7. The van der Waals surface area contributed by atoms with E-state index < -0.39 is 0 Å². The first-order valence-corrected chi connectivity index (χ1v) is 9.56. The molecule has 3 heteroatoms. The van der Waals surface area contributed by atoms with Gasteiger partial charge in [0.2, 0.25) is 5.91 Å². The van der Waals surface area contributed by atoms with E-state index in [0.29, 0.717) is 6.42 Å². The molecule has 3 aromatic carbocycles. The molecule has 0 radical (unpaired) electrons. The lowest BCUT2D eigenvalue weighted by Gasteiger charge is -2.37. The lowest BCUT2D eigenvalue weighted by atomic mass is 9.89. The number of aryl methyl sites for hydroxylation is 1. The van der Waals surface area contributed by atoms with Crippen LogP contribution in [0.25, 0.3) is 10.8 Å². The average molecular weight is 359 g/mol. The highest BCUT2D eigenvalue weighted by atomic mass is 16.5. The number of benzene rings is 3. The number of amides is 1. The van der Waals surface area contributed by atoms with E-state index in [1.165, 1.54) is 16.3 Å². The number of rotatable bonds is 4. The second-order valence-electron chi connectivity index (χ2n) is 7.86. The summed E-state index contributed by atoms with van der Waals surface area (Å²) in [5, 5.41) is 5.68. The summed E-state index contributed by atoms with van der Waals surface area (Å²) in [4.78, 5) is 12.7. The van der Waals surface area contributed by atoms with Crippen molar-refractivity contribution >= 4 is 16.7 Å². The first-order valence-electron chi connectivity index (χ1n) is 9.56. The Morgan fingerprint density at radius 3 is 2.67 bits per heavy atom. The molecule has 3 aromatic rings. The van der Waals surface area contributed by atoms with Gasteiger partial charge in [-0.05, 0) is 42.7 Å². The molecule has 0 saturated carbocycles. The van der Waals surface area contributed by atoms with Crippen molar-refractivity contribution in [2.75, 3.05) is 0 Å². The van der Waals surface area contributed by atoms with Crippen LogP contribution in [0.15, 0.2) is 66.7 Å². The number of fused-ring (bicyclic) bond motifs is 2. The van der Waals surface area contributed by atoms with Gasteiger partial charge in [0.15, 0.2) is 0 Å². The lowest BCUT2D eigenvalue weighted by molar-refractivity contribution is -0.122. The summed E-state index contributed by atoms with van der Waals surface area (Å²) in [5.74, 6) is 0.952. The van der Waals surface area contributed by atoms with Crippen LogP contribution in [0.4, 0.5) is 0 Å². The van der Waals surface area contributed by atoms with Gasteiger partial charge in [0.05, 0.1) is 6.04 Å². The van der Waals surface area contributed by atoms with Gasteiger partial charge in [0.25, 0.3) is 0 Å². The van der Waals surface area contributed by atoms with Crippen LogP contribution in [0.2, 0.25) is 0 Å². The Bertz CT molecular complexity index is 972. The highest BCUT2D eigenvalue weighted by Gasteiger charge is 2.34. The number of carbonyl (C=O) groups excluding carboxylic acids is 1. The molecule has 1 heterocycles. The van der Waals surface area contributed by atoms with Gasteiger partial charge in [0, 0.05) is 18.4 Å². The zero-order valence-corrected chi connectivity index (χ0v) is 15.9. The van der Waals surface area contributed by atoms with Crippen LogP contribution in [0.1, 0.15) is 43.9 Å². The predicted octanol–water partition coefficient (Wildman–Crippen LogP) is 5.19. The number of nitrogens with one attached hydrogen (secondary N) is 1. The molecule has 0 saturated heterocycles. The SMILES string of the molecule is CC1(C)C[C@@H](NC(=O)CCc2cccc3ccccc23)c2ccccc2O1. The summed E-state index contributed by atoms with van der Waals surface area (Å²) in [6, 6.07) is 22.6. The summed E-state index contributed by atoms with van der Waals surface area (Å²) in [5.41, 5.74) is 1.99. The van der Waals surface area contributed by atoms with Crippen molar-refractivity contribution in [3.63, 3.8) is 0 Å². The van der Waals surface area contributed by atoms with E-state index in [0.717, 1.165) is 24.2 Å². The minimum atomic E-state index is -0.290. The Morgan fingerprint density at radius 2 is 1.78 bits per heavy atom. The van der Waals surface area contributed by atoms with Crippen LogP contribution in [0.5, 0.6) is 5.75 Å². The standard InChI is InChI=1S/C24H25NO2/c1-24(2)16-21(20-12-5-6-13-22(20)27-24)25-23(26)15-14-18-10-7-9-17-8-3-4-11-19(17)18/h3-13,21H,14-16H2,1-2H3,(H,25,26)/t21-/m1/s1. The van der Waals surface area contributed by atoms with Crippen molar-refractivity contribution in [1.82, 2.24) is 5.32 Å². The molecule has 4 rings (SSSR count). The number of para-hydroxylation sites is 1. The normalized spacial score (nSPS) is 17.8. The number of ether oxygens (including phenoxy) is 1. The van der Waals surface area contributed by atoms with Gasteiger partial charge >= 0.3 is 0 Å². The van der Waals surface area contributed by atoms with Crippen LogP contribution >= 0.6 is 0 Å². The Balaban J connectivity index is 1.47. The molecule has 1 N–H and O–H groups in total. The molecule has 3 nitrogen and oxygen atoms in total. The van der Waals surface area contributed by atoms with Crippen LogP contribution in [0, 0.1) is 0 Å². The van der Waals surface area contributed by atoms with Gasteiger partial charge in [-0.25, -0.2) is 0 Å². The Kier molecular flexibility index (Phi) is 4.61. The summed E-state index contributed by atoms with van der Waals surface area (Å²) < 4.78 is 6.06. The minimum Gasteiger partial charge on any atom is -0.487 e. The Hall–Kier alpha value is -2.81. The zero-order valence-electron chi connectivity index (χ0n) is 15.9. The fraction of sp³-hybridized carbons (Fsp3) is 0.292. The van der Waals surface area contributed by atoms with Crippen molar-refractivity contribution < 1.29 is 9.53 Å². The molecule has 27 heavy (non-hydrogen) atoms. The van der Waals surface area contributed by atoms with E-state index in [9.17, 15) is 4.79 Å². The number of hydrogen-bond donors (Lipinski definition) is 1. The molecular weight excluding hydrogens is 334 g/mol. The van der Waals surface area contributed by atoms with Gasteiger partial charge in [0.1, 0.15) is 11.4 Å². The first-order chi connectivity index (χ1) is 13.0. The lowest BCUT2D eigenvalue weighted by Crippen LogP contribution is -2.41. The fourth-order valence-electron chi connectivity index (χ4n) is 3.96. The molecule has 0 aromatic heterocycles. The zero-order chi connectivity index (χ0) is 18.9. The van der Waals surface area contributed by atoms with E-state index in [1.807, 2.05) is 36.4 Å². The Morgan fingerprint density at radius 1 is 1.04 bits per heavy atom. The quantitative estimate of drug-likeness (QED) is 0.696. The van der Waals surface area contributed by atoms with Gasteiger partial charge in [-0.2, -0.15) is 0 Å². The second-order valence-corrected chi connectivity index (χ2v) is 7.86. The molecule has 1 aliphatic heterocycles. The molecule has 1 atom stereocenters. The summed E-state index contributed by atoms with van der Waals surface area (Å²) in [6.07, 6.45) is 1.99. The summed E-state index contributed by atoms with van der Waals surface area (Å²) in [7, 11) is 0. The largest absolute Gasteiger partial charge is 0.487 e. The van der Waals surface area contributed by atoms with E-state index in [2.05, 4.69) is 49.5 Å². The molecule has 0 spiro atoms. The molecule has 138 valence electrons. The molecule has 0 bridgehead atoms. The third-order valence-electron chi connectivity index (χ3n) is 5.21. The van der Waals surface area contributed by atoms with E-state index in [4.69, 9.17) is 4.74 Å². The van der Waals surface area contributed by atoms with Crippen LogP contribution in [-0.4, -0.2) is 11.5 Å². The third kappa shape index (κ3) is 3.82. The first kappa shape index (κ1) is 17.6. The van der Waals surface area contributed by atoms with E-state index >= 15 is 0 Å². The number of carbonyl (C=O) groups is 1. The number of hydrogen-bond acceptors (Lipinski definition) is 2. The highest BCUT2D eigenvalue weighted by molar-refractivity contribution is 5.86. The average Bonchev–Trinajstić information content (AvgIpc) is 2.65. The topological polar surface area (TPSA) is 38.3 Å². The van der Waals surface area contributed by atoms with Crippen molar-refractivity contribution in [2.45, 2.75) is 44.8 Å². The van der Waals surface area contributed by atoms with Crippen molar-refractivity contribution in [1.29, 1.82) is 0 Å². The molecule has 0 unspecified atom stereocenters. The monoisotopic (exact) mass is 359 g/mol. The van der Waals surface area contributed by atoms with Crippen molar-refractivity contribution in [3.05, 3.63) is 77.9 Å². The second kappa shape index (κ2) is 7.07. The van der Waals surface area contributed by atoms with E-state index in [-0.39, 0.29) is 17.6 Å². The maximum absolute atomic E-state index is 12.7. The minimum absolute atomic E-state index is 0.00929. The molecule has 0 fully saturated rings. The fourth-order valence-corrected chi connectivity index (χ4v) is 3.96. The maximum Gasteiger partial charge on any atom is 0.220 e. The smallest absolute Gasteiger partial charge is 0.220 e. The Labute approximate surface area is 160 Å². The molecular formula is C24H25NO2. The molecule has 1 aliphatic rings. The van der Waals surface area contributed by atoms with Gasteiger partial charge in [-0.3, -0.25) is 4.79 Å². The van der Waals surface area contributed by atoms with Crippen molar-refractivity contribution in [3.8, 4) is 5.75 Å². The summed E-state index contributed by atoms with van der Waals surface area (Å²) in [6.45, 7) is 4.14. The van der Waals surface area contributed by atoms with Crippen LogP contribution < -0.4 is 10.1 Å². The van der Waals surface area contributed by atoms with Crippen LogP contribution in [0.3, 0.4) is 0 Å². The van der Waals surface area contributed by atoms with E-state index in [1.54, 1.807) is 0 Å². The predicted molar refractivity (Wildman–Crippen MR) is 109 cm³/mol. The van der Waals surface area contributed by atoms with Gasteiger partial charge in [-0.15, -0.1) is 0 Å². The van der Waals surface area contributed by atoms with Crippen LogP contribution in [-0.2, 0) is 11.2 Å². The van der Waals surface area contributed by atoms with Crippen molar-refractivity contribution in [2.24, 2.45) is 0 Å².